The van der Waals surface area contributed by atoms with Crippen molar-refractivity contribution in [2.45, 2.75) is 13.0 Å². The minimum atomic E-state index is -1.31. The fourth-order valence-electron chi connectivity index (χ4n) is 1.59. The molecule has 0 saturated heterocycles. The first kappa shape index (κ1) is 12.1. The molecule has 0 saturated carbocycles. The third-order valence-corrected chi connectivity index (χ3v) is 2.54. The molecule has 0 fully saturated rings. The van der Waals surface area contributed by atoms with E-state index in [4.69, 9.17) is 4.74 Å². The molecule has 1 aliphatic rings. The van der Waals surface area contributed by atoms with Gasteiger partial charge in [0.05, 0.1) is 12.8 Å². The van der Waals surface area contributed by atoms with Crippen LogP contribution in [0.1, 0.15) is 17.3 Å². The Morgan fingerprint density at radius 1 is 1.39 bits per heavy atom. The molecule has 1 amide bonds. The van der Waals surface area contributed by atoms with Gasteiger partial charge in [0.15, 0.2) is 5.78 Å². The topological polar surface area (TPSA) is 81.7 Å². The molecule has 6 heteroatoms. The maximum atomic E-state index is 11.6. The van der Waals surface area contributed by atoms with Gasteiger partial charge in [-0.05, 0) is 25.1 Å². The van der Waals surface area contributed by atoms with Gasteiger partial charge in [0.25, 0.3) is 12.0 Å². The largest absolute Gasteiger partial charge is 0.466 e. The van der Waals surface area contributed by atoms with Gasteiger partial charge in [0.2, 0.25) is 0 Å². The molecule has 1 atom stereocenters. The number of ketones is 1. The summed E-state index contributed by atoms with van der Waals surface area (Å²) < 4.78 is 9.69. The molecule has 1 heterocycles. The van der Waals surface area contributed by atoms with Crippen LogP contribution in [0.3, 0.4) is 0 Å². The Balaban J connectivity index is 2.33. The van der Waals surface area contributed by atoms with Gasteiger partial charge in [-0.3, -0.25) is 9.59 Å². The average Bonchev–Trinajstić information content (AvgIpc) is 2.36. The van der Waals surface area contributed by atoms with Crippen LogP contribution in [0.25, 0.3) is 0 Å². The van der Waals surface area contributed by atoms with Gasteiger partial charge in [-0.1, -0.05) is 0 Å². The molecule has 6 nitrogen and oxygen atoms in total. The van der Waals surface area contributed by atoms with Crippen LogP contribution in [0.15, 0.2) is 18.2 Å². The van der Waals surface area contributed by atoms with Gasteiger partial charge in [-0.15, -0.1) is 0 Å². The molecule has 0 spiro atoms. The maximum absolute atomic E-state index is 11.6. The molecule has 94 valence electrons. The molecule has 1 N–H and O–H groups in total. The lowest BCUT2D eigenvalue weighted by Gasteiger charge is -2.24. The first-order valence-corrected chi connectivity index (χ1v) is 5.23. The third kappa shape index (κ3) is 2.04. The molecule has 0 bridgehead atoms. The van der Waals surface area contributed by atoms with E-state index < -0.39 is 18.0 Å². The molecular formula is C12H11NO5. The van der Waals surface area contributed by atoms with Crippen molar-refractivity contribution < 1.29 is 23.9 Å². The van der Waals surface area contributed by atoms with Crippen LogP contribution in [0.5, 0.6) is 5.75 Å². The number of fused-ring (bicyclic) bond motifs is 1. The fraction of sp³-hybridized carbons (Fsp3) is 0.250. The number of amides is 1. The number of hydrogen-bond acceptors (Lipinski definition) is 5. The van der Waals surface area contributed by atoms with Crippen molar-refractivity contribution in [3.63, 3.8) is 0 Å². The molecule has 0 radical (unpaired) electrons. The predicted octanol–water partition coefficient (Wildman–Crippen LogP) is 0.762. The van der Waals surface area contributed by atoms with Crippen LogP contribution in [-0.2, 0) is 14.3 Å². The Bertz CT molecular complexity index is 537. The van der Waals surface area contributed by atoms with E-state index in [0.29, 0.717) is 17.0 Å². The number of carbonyl (C=O) groups excluding carboxylic acids is 3. The van der Waals surface area contributed by atoms with E-state index in [1.807, 2.05) is 0 Å². The highest BCUT2D eigenvalue weighted by Gasteiger charge is 2.34. The number of benzene rings is 1. The minimum absolute atomic E-state index is 0.123. The van der Waals surface area contributed by atoms with Crippen molar-refractivity contribution in [3.8, 4) is 5.75 Å². The van der Waals surface area contributed by atoms with Crippen molar-refractivity contribution in [2.75, 3.05) is 12.4 Å². The van der Waals surface area contributed by atoms with Crippen LogP contribution < -0.4 is 10.1 Å². The molecule has 1 aromatic carbocycles. The smallest absolute Gasteiger partial charge is 0.357 e. The monoisotopic (exact) mass is 249 g/mol. The molecule has 1 unspecified atom stereocenters. The lowest BCUT2D eigenvalue weighted by molar-refractivity contribution is -0.152. The SMILES string of the molecule is COC(=O)C1Oc2ccc(C(C)=O)cc2NC1=O. The second kappa shape index (κ2) is 4.48. The second-order valence-electron chi connectivity index (χ2n) is 3.78. The van der Waals surface area contributed by atoms with Crippen molar-refractivity contribution >= 4 is 23.3 Å². The zero-order valence-electron chi connectivity index (χ0n) is 9.85. The number of rotatable bonds is 2. The molecule has 1 aliphatic heterocycles. The number of esters is 1. The summed E-state index contributed by atoms with van der Waals surface area (Å²) >= 11 is 0. The van der Waals surface area contributed by atoms with Crippen LogP contribution in [-0.4, -0.2) is 30.9 Å². The zero-order valence-corrected chi connectivity index (χ0v) is 9.85. The van der Waals surface area contributed by atoms with E-state index in [1.165, 1.54) is 26.2 Å². The van der Waals surface area contributed by atoms with E-state index in [1.54, 1.807) is 6.07 Å². The third-order valence-electron chi connectivity index (χ3n) is 2.54. The summed E-state index contributed by atoms with van der Waals surface area (Å²) in [4.78, 5) is 34.1. The number of methoxy groups -OCH3 is 1. The van der Waals surface area contributed by atoms with Crippen LogP contribution >= 0.6 is 0 Å². The lowest BCUT2D eigenvalue weighted by Crippen LogP contribution is -2.43. The number of anilines is 1. The summed E-state index contributed by atoms with van der Waals surface area (Å²) in [5, 5.41) is 2.50. The Morgan fingerprint density at radius 2 is 2.11 bits per heavy atom. The number of Topliss-reactive ketones (excluding diaryl/α,β-unsaturated/α-hetero) is 1. The van der Waals surface area contributed by atoms with E-state index >= 15 is 0 Å². The number of hydrogen-bond donors (Lipinski definition) is 1. The quantitative estimate of drug-likeness (QED) is 0.475. The first-order valence-electron chi connectivity index (χ1n) is 5.23. The molecule has 2 rings (SSSR count). The lowest BCUT2D eigenvalue weighted by atomic mass is 10.1. The van der Waals surface area contributed by atoms with Gasteiger partial charge >= 0.3 is 5.97 Å². The summed E-state index contributed by atoms with van der Waals surface area (Å²) in [6.45, 7) is 1.42. The first-order chi connectivity index (χ1) is 8.52. The molecule has 18 heavy (non-hydrogen) atoms. The van der Waals surface area contributed by atoms with Crippen molar-refractivity contribution in [1.82, 2.24) is 0 Å². The Kier molecular flexibility index (Phi) is 3.01. The molecule has 0 aromatic heterocycles. The van der Waals surface area contributed by atoms with Gasteiger partial charge in [0, 0.05) is 5.56 Å². The molecule has 0 aliphatic carbocycles. The van der Waals surface area contributed by atoms with E-state index in [2.05, 4.69) is 10.1 Å². The van der Waals surface area contributed by atoms with Gasteiger partial charge in [-0.25, -0.2) is 4.79 Å². The molecular weight excluding hydrogens is 238 g/mol. The highest BCUT2D eigenvalue weighted by Crippen LogP contribution is 2.30. The Labute approximate surface area is 103 Å². The summed E-state index contributed by atoms with van der Waals surface area (Å²) in [7, 11) is 1.17. The van der Waals surface area contributed by atoms with Crippen LogP contribution in [0.4, 0.5) is 5.69 Å². The van der Waals surface area contributed by atoms with Crippen molar-refractivity contribution in [1.29, 1.82) is 0 Å². The highest BCUT2D eigenvalue weighted by atomic mass is 16.6. The standard InChI is InChI=1S/C12H11NO5/c1-6(14)7-3-4-9-8(5-7)13-11(15)10(18-9)12(16)17-2/h3-5,10H,1-2H3,(H,13,15). The number of ether oxygens (including phenoxy) is 2. The zero-order chi connectivity index (χ0) is 13.3. The summed E-state index contributed by atoms with van der Waals surface area (Å²) in [5.41, 5.74) is 0.821. The normalized spacial score (nSPS) is 17.2. The fourth-order valence-corrected chi connectivity index (χ4v) is 1.59. The van der Waals surface area contributed by atoms with E-state index in [9.17, 15) is 14.4 Å². The van der Waals surface area contributed by atoms with Crippen LogP contribution in [0.2, 0.25) is 0 Å². The average molecular weight is 249 g/mol. The predicted molar refractivity (Wildman–Crippen MR) is 61.5 cm³/mol. The number of carbonyl (C=O) groups is 3. The van der Waals surface area contributed by atoms with Gasteiger partial charge < -0.3 is 14.8 Å². The molecule has 1 aromatic rings. The minimum Gasteiger partial charge on any atom is -0.466 e. The number of nitrogens with one attached hydrogen (secondary N) is 1. The van der Waals surface area contributed by atoms with Crippen LogP contribution in [0, 0.1) is 0 Å². The Hall–Kier alpha value is -2.37. The highest BCUT2D eigenvalue weighted by molar-refractivity contribution is 6.10. The summed E-state index contributed by atoms with van der Waals surface area (Å²) in [5.74, 6) is -1.18. The van der Waals surface area contributed by atoms with E-state index in [0.717, 1.165) is 0 Å². The summed E-state index contributed by atoms with van der Waals surface area (Å²) in [6, 6.07) is 4.59. The van der Waals surface area contributed by atoms with Crippen molar-refractivity contribution in [2.24, 2.45) is 0 Å². The maximum Gasteiger partial charge on any atom is 0.357 e. The van der Waals surface area contributed by atoms with E-state index in [-0.39, 0.29) is 5.78 Å². The van der Waals surface area contributed by atoms with Gasteiger partial charge in [-0.2, -0.15) is 0 Å². The van der Waals surface area contributed by atoms with Gasteiger partial charge in [0.1, 0.15) is 5.75 Å². The summed E-state index contributed by atoms with van der Waals surface area (Å²) in [6.07, 6.45) is -1.31. The second-order valence-corrected chi connectivity index (χ2v) is 3.78. The Morgan fingerprint density at radius 3 is 2.72 bits per heavy atom. The van der Waals surface area contributed by atoms with Crippen molar-refractivity contribution in [3.05, 3.63) is 23.8 Å².